The van der Waals surface area contributed by atoms with Crippen LogP contribution in [-0.2, 0) is 6.42 Å². The summed E-state index contributed by atoms with van der Waals surface area (Å²) in [6.45, 7) is 2.22. The fourth-order valence-electron chi connectivity index (χ4n) is 8.65. The molecule has 2 heterocycles. The van der Waals surface area contributed by atoms with Crippen LogP contribution in [0.5, 0.6) is 0 Å². The number of halogens is 2. The van der Waals surface area contributed by atoms with Gasteiger partial charge in [-0.25, -0.2) is 8.78 Å². The summed E-state index contributed by atoms with van der Waals surface area (Å²) in [4.78, 5) is 5.82. The van der Waals surface area contributed by atoms with E-state index >= 15 is 0 Å². The second-order valence-electron chi connectivity index (χ2n) is 15.1. The first-order valence-corrected chi connectivity index (χ1v) is 21.5. The molecule has 2 aromatic heterocycles. The highest BCUT2D eigenvalue weighted by Crippen LogP contribution is 2.44. The Morgan fingerprint density at radius 2 is 0.966 bits per heavy atom. The van der Waals surface area contributed by atoms with Gasteiger partial charge in [0.2, 0.25) is 0 Å². The third kappa shape index (κ3) is 6.27. The van der Waals surface area contributed by atoms with E-state index in [1.54, 1.807) is 11.3 Å². The topological polar surface area (TPSA) is 6.48 Å². The quantitative estimate of drug-likeness (QED) is 0.148. The predicted molar refractivity (Wildman–Crippen MR) is 250 cm³/mol. The molecule has 284 valence electrons. The normalized spacial score (nSPS) is 12.7. The molecule has 59 heavy (non-hydrogen) atoms. The smallest absolute Gasteiger partial charge is 0.123 e. The average Bonchev–Trinajstić information content (AvgIpc) is 3.73. The van der Waals surface area contributed by atoms with Crippen molar-refractivity contribution in [2.45, 2.75) is 19.8 Å². The van der Waals surface area contributed by atoms with Crippen LogP contribution in [0.1, 0.15) is 23.8 Å². The summed E-state index contributed by atoms with van der Waals surface area (Å²) < 4.78 is 32.2. The molecular weight excluding hydrogens is 767 g/mol. The van der Waals surface area contributed by atoms with E-state index in [4.69, 9.17) is 0 Å². The Morgan fingerprint density at radius 1 is 0.475 bits per heavy atom. The van der Waals surface area contributed by atoms with Crippen LogP contribution in [0.15, 0.2) is 175 Å². The molecule has 8 aromatic carbocycles. The van der Waals surface area contributed by atoms with E-state index in [0.29, 0.717) is 0 Å². The Kier molecular flexibility index (Phi) is 8.64. The second-order valence-corrected chi connectivity index (χ2v) is 17.3. The van der Waals surface area contributed by atoms with Gasteiger partial charge < -0.3 is 9.80 Å². The summed E-state index contributed by atoms with van der Waals surface area (Å²) in [5.41, 5.74) is 8.53. The molecule has 6 heteroatoms. The lowest BCUT2D eigenvalue weighted by molar-refractivity contribution is 0.627. The van der Waals surface area contributed by atoms with Crippen molar-refractivity contribution in [1.82, 2.24) is 0 Å². The average molecular weight is 803 g/mol. The molecule has 0 fully saturated rings. The van der Waals surface area contributed by atoms with Crippen molar-refractivity contribution in [3.63, 3.8) is 0 Å². The minimum atomic E-state index is -0.266. The van der Waals surface area contributed by atoms with Crippen LogP contribution in [0, 0.1) is 11.6 Å². The Bertz CT molecular complexity index is 3320. The van der Waals surface area contributed by atoms with Gasteiger partial charge in [-0.15, -0.1) is 22.7 Å². The van der Waals surface area contributed by atoms with Crippen molar-refractivity contribution in [2.24, 2.45) is 0 Å². The van der Waals surface area contributed by atoms with Gasteiger partial charge >= 0.3 is 0 Å². The lowest BCUT2D eigenvalue weighted by Gasteiger charge is -2.27. The lowest BCUT2D eigenvalue weighted by atomic mass is 10.00. The molecule has 0 N–H and O–H groups in total. The van der Waals surface area contributed by atoms with Gasteiger partial charge in [-0.1, -0.05) is 85.3 Å². The predicted octanol–water partition coefficient (Wildman–Crippen LogP) is 16.7. The van der Waals surface area contributed by atoms with Crippen LogP contribution >= 0.6 is 22.7 Å². The number of hydrogen-bond acceptors (Lipinski definition) is 4. The van der Waals surface area contributed by atoms with Gasteiger partial charge in [0, 0.05) is 75.7 Å². The van der Waals surface area contributed by atoms with Gasteiger partial charge in [-0.05, 0) is 137 Å². The van der Waals surface area contributed by atoms with Crippen LogP contribution in [-0.4, -0.2) is 0 Å². The van der Waals surface area contributed by atoms with Gasteiger partial charge in [0.05, 0.1) is 0 Å². The summed E-state index contributed by atoms with van der Waals surface area (Å²) in [7, 11) is 0. The number of allylic oxidation sites excluding steroid dienone is 3. The number of benzene rings is 8. The Labute approximate surface area is 348 Å². The van der Waals surface area contributed by atoms with Crippen molar-refractivity contribution >= 4 is 115 Å². The van der Waals surface area contributed by atoms with Gasteiger partial charge in [0.15, 0.2) is 0 Å². The van der Waals surface area contributed by atoms with Gasteiger partial charge in [0.25, 0.3) is 0 Å². The van der Waals surface area contributed by atoms with Crippen molar-refractivity contribution in [3.8, 4) is 0 Å². The fourth-order valence-corrected chi connectivity index (χ4v) is 11.1. The largest absolute Gasteiger partial charge is 0.310 e. The highest BCUT2D eigenvalue weighted by Gasteiger charge is 2.20. The summed E-state index contributed by atoms with van der Waals surface area (Å²) in [6, 6.07) is 52.8. The number of fused-ring (bicyclic) bond motifs is 9. The Morgan fingerprint density at radius 3 is 1.56 bits per heavy atom. The molecule has 11 rings (SSSR count). The minimum Gasteiger partial charge on any atom is -0.310 e. The molecule has 0 aliphatic heterocycles. The van der Waals surface area contributed by atoms with Gasteiger partial charge in [-0.3, -0.25) is 0 Å². The summed E-state index contributed by atoms with van der Waals surface area (Å²) in [6.07, 6.45) is 8.70. The number of rotatable bonds is 7. The Balaban J connectivity index is 0.998. The number of hydrogen-bond donors (Lipinski definition) is 0. The molecule has 10 aromatic rings. The highest BCUT2D eigenvalue weighted by atomic mass is 32.1. The SMILES string of the molecule is CCC1=CC=Cc2c(sc3cc(N(c4ccc(F)cc4)c4ccc5c(ccc6cc(N(c7ccc(F)cc7)c7ccc8c(c7)sc7ccccc78)ccc65)c4)ccc23)C1. The molecule has 0 radical (unpaired) electrons. The molecule has 0 bridgehead atoms. The van der Waals surface area contributed by atoms with Gasteiger partial charge in [0.1, 0.15) is 11.6 Å². The van der Waals surface area contributed by atoms with Crippen LogP contribution in [0.2, 0.25) is 0 Å². The minimum absolute atomic E-state index is 0.263. The standard InChI is InChI=1S/C53H36F2N2S2/c1-2-33-6-5-8-47-49-27-23-43(32-53(49)59-51(47)28-33)57(39-18-14-37(55)15-19-39)41-21-25-45-35(30-41)11-10-34-29-40(20-24-44(34)45)56(38-16-12-36(54)13-17-38)42-22-26-48-46-7-3-4-9-50(46)58-52(48)31-42/h3-27,29-32H,2,28H2,1H3. The van der Waals surface area contributed by atoms with Crippen LogP contribution in [0.25, 0.3) is 57.9 Å². The molecule has 1 aliphatic rings. The fraction of sp³-hybridized carbons (Fsp3) is 0.0566. The number of thiophene rings is 2. The molecule has 2 nitrogen and oxygen atoms in total. The summed E-state index contributed by atoms with van der Waals surface area (Å²) in [5.74, 6) is -0.529. The number of anilines is 6. The zero-order valence-electron chi connectivity index (χ0n) is 32.1. The zero-order valence-corrected chi connectivity index (χ0v) is 33.8. The van der Waals surface area contributed by atoms with E-state index in [1.165, 1.54) is 70.5 Å². The third-order valence-corrected chi connectivity index (χ3v) is 13.9. The molecule has 0 unspecified atom stereocenters. The van der Waals surface area contributed by atoms with Crippen molar-refractivity contribution < 1.29 is 8.78 Å². The van der Waals surface area contributed by atoms with Crippen LogP contribution < -0.4 is 9.80 Å². The maximum Gasteiger partial charge on any atom is 0.123 e. The van der Waals surface area contributed by atoms with E-state index in [2.05, 4.69) is 144 Å². The second kappa shape index (κ2) is 14.3. The summed E-state index contributed by atoms with van der Waals surface area (Å²) >= 11 is 3.65. The molecule has 0 atom stereocenters. The molecule has 0 amide bonds. The molecular formula is C53H36F2N2S2. The van der Waals surface area contributed by atoms with Crippen molar-refractivity contribution in [1.29, 1.82) is 0 Å². The molecule has 0 saturated heterocycles. The zero-order chi connectivity index (χ0) is 39.6. The summed E-state index contributed by atoms with van der Waals surface area (Å²) in [5, 5.41) is 8.24. The van der Waals surface area contributed by atoms with Crippen molar-refractivity contribution in [3.05, 3.63) is 198 Å². The van der Waals surface area contributed by atoms with E-state index < -0.39 is 0 Å². The number of nitrogens with zero attached hydrogens (tertiary/aromatic N) is 2. The maximum absolute atomic E-state index is 14.3. The monoisotopic (exact) mass is 802 g/mol. The lowest BCUT2D eigenvalue weighted by Crippen LogP contribution is -2.10. The van der Waals surface area contributed by atoms with Crippen molar-refractivity contribution in [2.75, 3.05) is 9.80 Å². The molecule has 0 saturated carbocycles. The maximum atomic E-state index is 14.3. The van der Waals surface area contributed by atoms with E-state index in [1.807, 2.05) is 35.6 Å². The van der Waals surface area contributed by atoms with Crippen LogP contribution in [0.4, 0.5) is 42.9 Å². The Hall–Kier alpha value is -6.60. The van der Waals surface area contributed by atoms with Crippen LogP contribution in [0.3, 0.4) is 0 Å². The first-order chi connectivity index (χ1) is 29.0. The highest BCUT2D eigenvalue weighted by molar-refractivity contribution is 7.25. The van der Waals surface area contributed by atoms with E-state index in [-0.39, 0.29) is 11.6 Å². The first kappa shape index (κ1) is 35.6. The molecule has 1 aliphatic carbocycles. The first-order valence-electron chi connectivity index (χ1n) is 19.9. The molecule has 0 spiro atoms. The van der Waals surface area contributed by atoms with E-state index in [9.17, 15) is 8.78 Å². The third-order valence-electron chi connectivity index (χ3n) is 11.6. The van der Waals surface area contributed by atoms with Gasteiger partial charge in [-0.2, -0.15) is 0 Å². The van der Waals surface area contributed by atoms with E-state index in [0.717, 1.165) is 68.5 Å².